The van der Waals surface area contributed by atoms with E-state index in [1.165, 1.54) is 23.5 Å². The Labute approximate surface area is 133 Å². The molecule has 0 heterocycles. The van der Waals surface area contributed by atoms with Crippen LogP contribution in [0, 0.1) is 0 Å². The maximum absolute atomic E-state index is 10.1. The second kappa shape index (κ2) is 11.0. The summed E-state index contributed by atoms with van der Waals surface area (Å²) in [7, 11) is 0. The molecule has 128 valence electrons. The summed E-state index contributed by atoms with van der Waals surface area (Å²) in [6, 6.07) is 0. The first-order valence-corrected chi connectivity index (χ1v) is 8.83. The van der Waals surface area contributed by atoms with Gasteiger partial charge < -0.3 is 35.7 Å². The average molecular weight is 346 g/mol. The highest BCUT2D eigenvalue weighted by Crippen LogP contribution is 2.29. The Kier molecular flexibility index (Phi) is 11.3. The summed E-state index contributed by atoms with van der Waals surface area (Å²) in [4.78, 5) is 0. The number of aliphatic hydroxyl groups is 7. The Bertz CT molecular complexity index is 266. The van der Waals surface area contributed by atoms with Gasteiger partial charge in [0, 0.05) is 0 Å². The van der Waals surface area contributed by atoms with Gasteiger partial charge in [-0.25, -0.2) is 0 Å². The average Bonchev–Trinajstić information content (AvgIpc) is 2.50. The van der Waals surface area contributed by atoms with Gasteiger partial charge in [0.1, 0.15) is 36.6 Å². The highest BCUT2D eigenvalue weighted by atomic mass is 32.2. The first kappa shape index (κ1) is 21.4. The van der Waals surface area contributed by atoms with Gasteiger partial charge >= 0.3 is 0 Å². The highest BCUT2D eigenvalue weighted by Gasteiger charge is 2.39. The molecule has 0 bridgehead atoms. The Morgan fingerprint density at radius 3 is 1.43 bits per heavy atom. The van der Waals surface area contributed by atoms with Crippen molar-refractivity contribution in [3.63, 3.8) is 0 Å². The number of hydrogen-bond donors (Lipinski definition) is 7. The Hall–Kier alpha value is 0.420. The van der Waals surface area contributed by atoms with Crippen molar-refractivity contribution in [1.29, 1.82) is 0 Å². The molecule has 0 saturated carbocycles. The van der Waals surface area contributed by atoms with Gasteiger partial charge in [0.25, 0.3) is 0 Å². The first-order valence-electron chi connectivity index (χ1n) is 6.74. The van der Waals surface area contributed by atoms with Crippen molar-refractivity contribution in [1.82, 2.24) is 0 Å². The molecule has 0 aromatic heterocycles. The van der Waals surface area contributed by atoms with Crippen molar-refractivity contribution in [3.8, 4) is 0 Å². The van der Waals surface area contributed by atoms with Gasteiger partial charge in [0.15, 0.2) is 0 Å². The van der Waals surface area contributed by atoms with E-state index >= 15 is 0 Å². The fourth-order valence-electron chi connectivity index (χ4n) is 1.68. The van der Waals surface area contributed by atoms with Crippen LogP contribution in [0.5, 0.6) is 0 Å². The molecule has 7 N–H and O–H groups in total. The molecule has 0 fully saturated rings. The summed E-state index contributed by atoms with van der Waals surface area (Å²) in [5, 5.41) is 67.0. The van der Waals surface area contributed by atoms with E-state index in [4.69, 9.17) is 5.11 Å². The number of aliphatic hydroxyl groups excluding tert-OH is 7. The largest absolute Gasteiger partial charge is 0.394 e. The van der Waals surface area contributed by atoms with Gasteiger partial charge in [-0.3, -0.25) is 0 Å². The summed E-state index contributed by atoms with van der Waals surface area (Å²) in [6.45, 7) is 2.98. The van der Waals surface area contributed by atoms with Crippen LogP contribution in [0.2, 0.25) is 0 Å². The van der Waals surface area contributed by atoms with E-state index in [9.17, 15) is 30.6 Å². The van der Waals surface area contributed by atoms with Crippen LogP contribution in [0.4, 0.5) is 0 Å². The maximum Gasteiger partial charge on any atom is 0.111 e. The van der Waals surface area contributed by atoms with E-state index < -0.39 is 47.8 Å². The van der Waals surface area contributed by atoms with Crippen molar-refractivity contribution in [2.24, 2.45) is 0 Å². The van der Waals surface area contributed by atoms with Gasteiger partial charge in [-0.1, -0.05) is 13.8 Å². The van der Waals surface area contributed by atoms with Crippen molar-refractivity contribution >= 4 is 23.5 Å². The van der Waals surface area contributed by atoms with Crippen molar-refractivity contribution in [2.45, 2.75) is 55.1 Å². The molecule has 0 radical (unpaired) electrons. The Morgan fingerprint density at radius 2 is 1.05 bits per heavy atom. The molecular formula is C12H26O7S2. The van der Waals surface area contributed by atoms with Crippen molar-refractivity contribution < 1.29 is 35.7 Å². The summed E-state index contributed by atoms with van der Waals surface area (Å²) < 4.78 is -0.392. The molecule has 0 spiro atoms. The SMILES string of the molecule is CCSC(SCC)[C@H](O)[C@@H](O)[C@H](O)[C@H](O)[C@H](O)[C@H](O)CO. The predicted octanol–water partition coefficient (Wildman–Crippen LogP) is -2.02. The van der Waals surface area contributed by atoms with Crippen molar-refractivity contribution in [3.05, 3.63) is 0 Å². The molecule has 0 rings (SSSR count). The van der Waals surface area contributed by atoms with Crippen LogP contribution in [0.3, 0.4) is 0 Å². The van der Waals surface area contributed by atoms with E-state index in [1.807, 2.05) is 13.8 Å². The summed E-state index contributed by atoms with van der Waals surface area (Å²) in [5.74, 6) is 1.40. The minimum atomic E-state index is -1.89. The molecule has 0 aliphatic rings. The van der Waals surface area contributed by atoms with Crippen LogP contribution >= 0.6 is 23.5 Å². The van der Waals surface area contributed by atoms with Crippen LogP contribution in [-0.2, 0) is 0 Å². The Balaban J connectivity index is 4.75. The smallest absolute Gasteiger partial charge is 0.111 e. The van der Waals surface area contributed by atoms with E-state index in [0.29, 0.717) is 11.5 Å². The fraction of sp³-hybridized carbons (Fsp3) is 1.00. The third kappa shape index (κ3) is 6.59. The Morgan fingerprint density at radius 1 is 0.667 bits per heavy atom. The third-order valence-electron chi connectivity index (χ3n) is 2.92. The molecule has 0 aromatic carbocycles. The molecule has 0 aromatic rings. The van der Waals surface area contributed by atoms with E-state index in [0.717, 1.165) is 0 Å². The lowest BCUT2D eigenvalue weighted by Gasteiger charge is -2.33. The zero-order valence-electron chi connectivity index (χ0n) is 12.1. The quantitative estimate of drug-likeness (QED) is 0.211. The van der Waals surface area contributed by atoms with E-state index in [-0.39, 0.29) is 0 Å². The second-order valence-electron chi connectivity index (χ2n) is 4.48. The molecule has 0 aliphatic carbocycles. The minimum Gasteiger partial charge on any atom is -0.394 e. The van der Waals surface area contributed by atoms with Crippen molar-refractivity contribution in [2.75, 3.05) is 18.1 Å². The minimum absolute atomic E-state index is 0.392. The molecular weight excluding hydrogens is 320 g/mol. The zero-order valence-corrected chi connectivity index (χ0v) is 13.7. The lowest BCUT2D eigenvalue weighted by atomic mass is 9.97. The van der Waals surface area contributed by atoms with Gasteiger partial charge in [-0.2, -0.15) is 0 Å². The van der Waals surface area contributed by atoms with Crippen LogP contribution in [0.1, 0.15) is 13.8 Å². The normalized spacial score (nSPS) is 20.9. The van der Waals surface area contributed by atoms with E-state index in [2.05, 4.69) is 0 Å². The lowest BCUT2D eigenvalue weighted by Crippen LogP contribution is -2.54. The van der Waals surface area contributed by atoms with Gasteiger partial charge in [-0.05, 0) is 11.5 Å². The molecule has 0 unspecified atom stereocenters. The second-order valence-corrected chi connectivity index (χ2v) is 7.62. The summed E-state index contributed by atoms with van der Waals surface area (Å²) in [6.07, 6.45) is -10.2. The molecule has 7 nitrogen and oxygen atoms in total. The van der Waals surface area contributed by atoms with Gasteiger partial charge in [-0.15, -0.1) is 23.5 Å². The first-order chi connectivity index (χ1) is 9.81. The summed E-state index contributed by atoms with van der Waals surface area (Å²) >= 11 is 2.79. The fourth-order valence-corrected chi connectivity index (χ4v) is 4.25. The van der Waals surface area contributed by atoms with Crippen LogP contribution in [0.15, 0.2) is 0 Å². The maximum atomic E-state index is 10.1. The zero-order chi connectivity index (χ0) is 16.6. The standard InChI is InChI=1S/C12H26O7S2/c1-3-20-12(21-4-2)11(19)10(18)9(17)8(16)7(15)6(14)5-13/h6-19H,3-5H2,1-2H3/t6-,7-,8-,9-,10+,11-/m1/s1. The van der Waals surface area contributed by atoms with Crippen LogP contribution in [-0.4, -0.2) is 95.1 Å². The number of thioether (sulfide) groups is 2. The van der Waals surface area contributed by atoms with Crippen LogP contribution in [0.25, 0.3) is 0 Å². The molecule has 21 heavy (non-hydrogen) atoms. The van der Waals surface area contributed by atoms with E-state index in [1.54, 1.807) is 0 Å². The molecule has 6 atom stereocenters. The highest BCUT2D eigenvalue weighted by molar-refractivity contribution is 8.17. The van der Waals surface area contributed by atoms with Gasteiger partial charge in [0.2, 0.25) is 0 Å². The predicted molar refractivity (Wildman–Crippen MR) is 83.2 cm³/mol. The monoisotopic (exact) mass is 346 g/mol. The third-order valence-corrected chi connectivity index (χ3v) is 5.62. The molecule has 0 amide bonds. The molecule has 0 saturated heterocycles. The topological polar surface area (TPSA) is 142 Å². The number of hydrogen-bond acceptors (Lipinski definition) is 9. The molecule has 0 aliphatic heterocycles. The van der Waals surface area contributed by atoms with Gasteiger partial charge in [0.05, 0.1) is 11.2 Å². The molecule has 9 heteroatoms. The number of rotatable bonds is 11. The van der Waals surface area contributed by atoms with Crippen LogP contribution < -0.4 is 0 Å². The summed E-state index contributed by atoms with van der Waals surface area (Å²) in [5.41, 5.74) is 0. The lowest BCUT2D eigenvalue weighted by molar-refractivity contribution is -0.155.